The lowest BCUT2D eigenvalue weighted by molar-refractivity contribution is -0.107. The van der Waals surface area contributed by atoms with E-state index < -0.39 is 0 Å². The summed E-state index contributed by atoms with van der Waals surface area (Å²) in [5.41, 5.74) is 3.77. The van der Waals surface area contributed by atoms with Crippen LogP contribution in [0.15, 0.2) is 65.3 Å². The average Bonchev–Trinajstić information content (AvgIpc) is 3.49. The second-order valence-corrected chi connectivity index (χ2v) is 7.27. The minimum absolute atomic E-state index is 0.107. The molecule has 9 heteroatoms. The Morgan fingerprint density at radius 3 is 2.76 bits per heavy atom. The zero-order valence-electron chi connectivity index (χ0n) is 18.0. The van der Waals surface area contributed by atoms with E-state index in [-0.39, 0.29) is 6.42 Å². The summed E-state index contributed by atoms with van der Waals surface area (Å²) in [6.45, 7) is 0.876. The molecule has 0 unspecified atom stereocenters. The van der Waals surface area contributed by atoms with Crippen molar-refractivity contribution in [2.45, 2.75) is 13.0 Å². The molecule has 0 fully saturated rings. The van der Waals surface area contributed by atoms with Gasteiger partial charge in [-0.1, -0.05) is 47.1 Å². The van der Waals surface area contributed by atoms with Crippen LogP contribution in [0.2, 0.25) is 5.02 Å². The molecule has 4 rings (SSSR count). The van der Waals surface area contributed by atoms with Crippen LogP contribution in [0.25, 0.3) is 28.7 Å². The number of benzene rings is 2. The summed E-state index contributed by atoms with van der Waals surface area (Å²) in [5, 5.41) is 14.7. The van der Waals surface area contributed by atoms with Crippen LogP contribution in [-0.4, -0.2) is 39.7 Å². The van der Waals surface area contributed by atoms with Crippen LogP contribution in [0.4, 0.5) is 0 Å². The van der Waals surface area contributed by atoms with E-state index >= 15 is 0 Å². The zero-order valence-corrected chi connectivity index (χ0v) is 18.7. The molecule has 4 aromatic rings. The van der Waals surface area contributed by atoms with Crippen LogP contribution in [0.3, 0.4) is 0 Å². The maximum absolute atomic E-state index is 10.5. The maximum atomic E-state index is 10.5. The van der Waals surface area contributed by atoms with Gasteiger partial charge in [-0.15, -0.1) is 0 Å². The molecule has 0 radical (unpaired) electrons. The maximum Gasteiger partial charge on any atom is 0.234 e. The molecule has 0 aliphatic rings. The number of nitrogens with zero attached hydrogens (tertiary/aromatic N) is 3. The number of aldehydes is 1. The number of carbonyl (C=O) groups excluding carboxylic acids is 1. The Kier molecular flexibility index (Phi) is 8.81. The predicted molar refractivity (Wildman–Crippen MR) is 129 cm³/mol. The summed E-state index contributed by atoms with van der Waals surface area (Å²) in [6, 6.07) is 15.4. The first-order valence-electron chi connectivity index (χ1n) is 10.1. The van der Waals surface area contributed by atoms with E-state index in [0.717, 1.165) is 34.7 Å². The predicted octanol–water partition coefficient (Wildman–Crippen LogP) is 4.59. The van der Waals surface area contributed by atoms with Crippen molar-refractivity contribution in [1.82, 2.24) is 25.4 Å². The van der Waals surface area contributed by atoms with Crippen LogP contribution < -0.4 is 5.32 Å². The van der Waals surface area contributed by atoms with Crippen LogP contribution >= 0.6 is 11.6 Å². The highest BCUT2D eigenvalue weighted by Crippen LogP contribution is 2.24. The van der Waals surface area contributed by atoms with Gasteiger partial charge in [-0.25, -0.2) is 4.98 Å². The van der Waals surface area contributed by atoms with Gasteiger partial charge in [0.25, 0.3) is 0 Å². The lowest BCUT2D eigenvalue weighted by atomic mass is 10.1. The Hall–Kier alpha value is -3.88. The molecule has 0 saturated carbocycles. The summed E-state index contributed by atoms with van der Waals surface area (Å²) in [7, 11) is 1.92. The van der Waals surface area contributed by atoms with Crippen LogP contribution in [0, 0.1) is 5.41 Å². The Morgan fingerprint density at radius 2 is 2.00 bits per heavy atom. The summed E-state index contributed by atoms with van der Waals surface area (Å²) in [4.78, 5) is 22.0. The number of allylic oxidation sites excluding steroid dienone is 1. The number of H-pyrrole nitrogens is 1. The largest absolute Gasteiger partial charge is 0.339 e. The third kappa shape index (κ3) is 7.06. The standard InChI is InChI=1S/C16H13N5O2.C8H10ClN/c17-7-2-5-14-18-10-13(19-14)11-3-1-4-12(9-11)16-20-15(6-8-22)23-21-16;1-10-6-7-3-2-4-8(9)5-7/h1-5,7-10,17H,6H2,(H,18,19);2-5,10H,6H2,1H3/b5-2-,17-7?;. The van der Waals surface area contributed by atoms with Crippen molar-refractivity contribution in [3.63, 3.8) is 0 Å². The molecule has 0 aliphatic carbocycles. The van der Waals surface area contributed by atoms with E-state index in [4.69, 9.17) is 21.5 Å². The number of aromatic nitrogens is 4. The number of carbonyl (C=O) groups is 1. The smallest absolute Gasteiger partial charge is 0.234 e. The van der Waals surface area contributed by atoms with Gasteiger partial charge in [0.1, 0.15) is 12.1 Å². The van der Waals surface area contributed by atoms with Crippen LogP contribution in [0.5, 0.6) is 0 Å². The van der Waals surface area contributed by atoms with Crippen molar-refractivity contribution in [3.8, 4) is 22.6 Å². The third-order valence-corrected chi connectivity index (χ3v) is 4.61. The first-order valence-corrected chi connectivity index (χ1v) is 10.5. The molecule has 8 nitrogen and oxygen atoms in total. The average molecular weight is 463 g/mol. The van der Waals surface area contributed by atoms with Crippen molar-refractivity contribution < 1.29 is 9.32 Å². The van der Waals surface area contributed by atoms with E-state index in [1.165, 1.54) is 11.8 Å². The fourth-order valence-electron chi connectivity index (χ4n) is 2.91. The molecule has 2 aromatic carbocycles. The van der Waals surface area contributed by atoms with E-state index in [2.05, 4.69) is 25.4 Å². The Labute approximate surface area is 196 Å². The van der Waals surface area contributed by atoms with Crippen LogP contribution in [-0.2, 0) is 17.8 Å². The fraction of sp³-hybridized carbons (Fsp3) is 0.125. The molecular weight excluding hydrogens is 440 g/mol. The van der Waals surface area contributed by atoms with Gasteiger partial charge >= 0.3 is 0 Å². The molecule has 0 aliphatic heterocycles. The zero-order chi connectivity index (χ0) is 23.5. The van der Waals surface area contributed by atoms with Crippen molar-refractivity contribution in [3.05, 3.63) is 83.1 Å². The normalized spacial score (nSPS) is 10.6. The van der Waals surface area contributed by atoms with Gasteiger partial charge in [-0.05, 0) is 43.0 Å². The lowest BCUT2D eigenvalue weighted by Crippen LogP contribution is -2.04. The minimum Gasteiger partial charge on any atom is -0.339 e. The Morgan fingerprint density at radius 1 is 1.18 bits per heavy atom. The number of aromatic amines is 1. The molecular formula is C24H23ClN6O2. The van der Waals surface area contributed by atoms with Crippen molar-refractivity contribution >= 4 is 30.2 Å². The number of nitrogens with one attached hydrogen (secondary N) is 3. The topological polar surface area (TPSA) is 121 Å². The molecule has 2 heterocycles. The van der Waals surface area contributed by atoms with Crippen LogP contribution in [0.1, 0.15) is 17.3 Å². The van der Waals surface area contributed by atoms with Gasteiger partial charge in [0.15, 0.2) is 0 Å². The van der Waals surface area contributed by atoms with Gasteiger partial charge in [0.2, 0.25) is 11.7 Å². The molecule has 168 valence electrons. The first kappa shape index (κ1) is 23.8. The highest BCUT2D eigenvalue weighted by atomic mass is 35.5. The number of hydrogen-bond donors (Lipinski definition) is 3. The molecule has 0 amide bonds. The van der Waals surface area contributed by atoms with Crippen molar-refractivity contribution in [1.29, 1.82) is 5.41 Å². The number of halogens is 1. The summed E-state index contributed by atoms with van der Waals surface area (Å²) in [5.74, 6) is 1.40. The summed E-state index contributed by atoms with van der Waals surface area (Å²) in [6.07, 6.45) is 7.04. The highest BCUT2D eigenvalue weighted by molar-refractivity contribution is 6.30. The Bertz CT molecular complexity index is 1230. The molecule has 0 spiro atoms. The Balaban J connectivity index is 0.000000257. The van der Waals surface area contributed by atoms with E-state index in [1.54, 1.807) is 18.3 Å². The fourth-order valence-corrected chi connectivity index (χ4v) is 3.12. The van der Waals surface area contributed by atoms with Gasteiger partial charge in [0, 0.05) is 28.9 Å². The summed E-state index contributed by atoms with van der Waals surface area (Å²) >= 11 is 5.75. The van der Waals surface area contributed by atoms with Gasteiger partial charge < -0.3 is 25.0 Å². The minimum atomic E-state index is 0.107. The van der Waals surface area contributed by atoms with Gasteiger partial charge in [0.05, 0.1) is 18.3 Å². The van der Waals surface area contributed by atoms with E-state index in [9.17, 15) is 4.79 Å². The third-order valence-electron chi connectivity index (χ3n) is 4.37. The molecule has 33 heavy (non-hydrogen) atoms. The quantitative estimate of drug-likeness (QED) is 0.260. The molecule has 3 N–H and O–H groups in total. The summed E-state index contributed by atoms with van der Waals surface area (Å²) < 4.78 is 5.01. The number of rotatable bonds is 8. The lowest BCUT2D eigenvalue weighted by Gasteiger charge is -1.99. The van der Waals surface area contributed by atoms with Crippen molar-refractivity contribution in [2.24, 2.45) is 0 Å². The second kappa shape index (κ2) is 12.2. The monoisotopic (exact) mass is 462 g/mol. The van der Waals surface area contributed by atoms with Gasteiger partial charge in [-0.3, -0.25) is 0 Å². The first-order chi connectivity index (χ1) is 16.1. The van der Waals surface area contributed by atoms with E-state index in [0.29, 0.717) is 17.5 Å². The highest BCUT2D eigenvalue weighted by Gasteiger charge is 2.10. The molecule has 0 saturated heterocycles. The van der Waals surface area contributed by atoms with Gasteiger partial charge in [-0.2, -0.15) is 4.98 Å². The molecule has 0 bridgehead atoms. The SMILES string of the molecule is CNCc1cccc(Cl)c1.N=C/C=C\c1ncc(-c2cccc(-c3noc(CC=O)n3)c2)[nH]1. The molecule has 0 atom stereocenters. The molecule has 2 aromatic heterocycles. The number of imidazole rings is 1. The van der Waals surface area contributed by atoms with Crippen molar-refractivity contribution in [2.75, 3.05) is 7.05 Å². The number of hydrogen-bond acceptors (Lipinski definition) is 7. The second-order valence-electron chi connectivity index (χ2n) is 6.83. The van der Waals surface area contributed by atoms with E-state index in [1.807, 2.05) is 55.6 Å².